The van der Waals surface area contributed by atoms with Crippen LogP contribution in [0.5, 0.6) is 0 Å². The van der Waals surface area contributed by atoms with Crippen LogP contribution in [0.2, 0.25) is 0 Å². The molecule has 6 heteroatoms. The van der Waals surface area contributed by atoms with Gasteiger partial charge in [-0.1, -0.05) is 30.3 Å². The highest BCUT2D eigenvalue weighted by Gasteiger charge is 2.48. The molecule has 2 aliphatic heterocycles. The van der Waals surface area contributed by atoms with Gasteiger partial charge in [0.2, 0.25) is 0 Å². The van der Waals surface area contributed by atoms with E-state index < -0.39 is 37.0 Å². The standard InChI is InChI=1S/C13H16O6/c14-9-10(15)12(16)18-8-6-17-13(19-11(8)9)7-4-2-1-3-5-7/h1-5,8-16H,6H2/t8-,9?,10?,11+,12?,13?/m0/s1. The summed E-state index contributed by atoms with van der Waals surface area (Å²) in [5.74, 6) is 0. The fraction of sp³-hybridized carbons (Fsp3) is 0.538. The lowest BCUT2D eigenvalue weighted by atomic mass is 9.98. The number of benzene rings is 1. The van der Waals surface area contributed by atoms with Crippen molar-refractivity contribution in [3.63, 3.8) is 0 Å². The number of hydrogen-bond acceptors (Lipinski definition) is 6. The number of fused-ring (bicyclic) bond motifs is 1. The Morgan fingerprint density at radius 2 is 1.68 bits per heavy atom. The lowest BCUT2D eigenvalue weighted by molar-refractivity contribution is -0.354. The van der Waals surface area contributed by atoms with Gasteiger partial charge < -0.3 is 29.5 Å². The second kappa shape index (κ2) is 5.16. The minimum absolute atomic E-state index is 0.186. The SMILES string of the molecule is OC1O[C@H]2COC(c3ccccc3)O[C@H]2C(O)C1O. The molecule has 19 heavy (non-hydrogen) atoms. The van der Waals surface area contributed by atoms with E-state index in [1.807, 2.05) is 30.3 Å². The number of hydrogen-bond donors (Lipinski definition) is 3. The Balaban J connectivity index is 1.75. The van der Waals surface area contributed by atoms with Crippen molar-refractivity contribution in [2.45, 2.75) is 37.0 Å². The minimum atomic E-state index is -1.42. The predicted molar refractivity (Wildman–Crippen MR) is 62.9 cm³/mol. The molecule has 0 radical (unpaired) electrons. The van der Waals surface area contributed by atoms with Crippen LogP contribution in [0.1, 0.15) is 11.9 Å². The van der Waals surface area contributed by atoms with Gasteiger partial charge in [-0.25, -0.2) is 0 Å². The van der Waals surface area contributed by atoms with Gasteiger partial charge in [0.15, 0.2) is 12.6 Å². The molecular formula is C13H16O6. The third kappa shape index (κ3) is 2.38. The van der Waals surface area contributed by atoms with Gasteiger partial charge in [0.05, 0.1) is 6.61 Å². The topological polar surface area (TPSA) is 88.4 Å². The molecule has 4 unspecified atom stereocenters. The number of ether oxygens (including phenoxy) is 3. The lowest BCUT2D eigenvalue weighted by Crippen LogP contribution is -2.61. The summed E-state index contributed by atoms with van der Waals surface area (Å²) in [6.45, 7) is 0.186. The van der Waals surface area contributed by atoms with Gasteiger partial charge in [-0.3, -0.25) is 0 Å². The smallest absolute Gasteiger partial charge is 0.184 e. The van der Waals surface area contributed by atoms with E-state index in [-0.39, 0.29) is 6.61 Å². The fourth-order valence-corrected chi connectivity index (χ4v) is 2.37. The van der Waals surface area contributed by atoms with Crippen LogP contribution in [-0.2, 0) is 14.2 Å². The van der Waals surface area contributed by atoms with Gasteiger partial charge in [-0.05, 0) is 0 Å². The molecule has 0 saturated carbocycles. The maximum absolute atomic E-state index is 9.94. The molecule has 2 aliphatic rings. The van der Waals surface area contributed by atoms with Crippen molar-refractivity contribution in [3.8, 4) is 0 Å². The number of aliphatic hydroxyl groups is 3. The Hall–Kier alpha value is -1.02. The molecule has 1 aromatic carbocycles. The first kappa shape index (κ1) is 13.0. The lowest BCUT2D eigenvalue weighted by Gasteiger charge is -2.45. The highest BCUT2D eigenvalue weighted by molar-refractivity contribution is 5.16. The second-order valence-electron chi connectivity index (χ2n) is 4.72. The Morgan fingerprint density at radius 1 is 0.947 bits per heavy atom. The molecular weight excluding hydrogens is 252 g/mol. The van der Waals surface area contributed by atoms with Crippen LogP contribution in [0.4, 0.5) is 0 Å². The highest BCUT2D eigenvalue weighted by atomic mass is 16.7. The van der Waals surface area contributed by atoms with Gasteiger partial charge in [-0.2, -0.15) is 0 Å². The van der Waals surface area contributed by atoms with Crippen molar-refractivity contribution in [2.24, 2.45) is 0 Å². The van der Waals surface area contributed by atoms with E-state index in [0.29, 0.717) is 0 Å². The second-order valence-corrected chi connectivity index (χ2v) is 4.72. The molecule has 3 rings (SSSR count). The molecule has 3 N–H and O–H groups in total. The maximum Gasteiger partial charge on any atom is 0.184 e. The van der Waals surface area contributed by atoms with Crippen molar-refractivity contribution in [2.75, 3.05) is 6.61 Å². The molecule has 0 bridgehead atoms. The third-order valence-corrected chi connectivity index (χ3v) is 3.42. The summed E-state index contributed by atoms with van der Waals surface area (Å²) in [6, 6.07) is 9.31. The van der Waals surface area contributed by atoms with Gasteiger partial charge in [0, 0.05) is 5.56 Å². The molecule has 2 heterocycles. The van der Waals surface area contributed by atoms with E-state index in [0.717, 1.165) is 5.56 Å². The van der Waals surface area contributed by atoms with Crippen LogP contribution in [0, 0.1) is 0 Å². The number of aliphatic hydroxyl groups excluding tert-OH is 3. The predicted octanol–water partition coefficient (Wildman–Crippen LogP) is -0.460. The van der Waals surface area contributed by atoms with E-state index in [9.17, 15) is 15.3 Å². The van der Waals surface area contributed by atoms with Gasteiger partial charge in [0.1, 0.15) is 24.4 Å². The summed E-state index contributed by atoms with van der Waals surface area (Å²) >= 11 is 0. The fourth-order valence-electron chi connectivity index (χ4n) is 2.37. The molecule has 2 fully saturated rings. The van der Waals surface area contributed by atoms with Gasteiger partial charge >= 0.3 is 0 Å². The zero-order valence-electron chi connectivity index (χ0n) is 10.1. The van der Waals surface area contributed by atoms with Crippen molar-refractivity contribution < 1.29 is 29.5 Å². The molecule has 2 saturated heterocycles. The van der Waals surface area contributed by atoms with Crippen molar-refractivity contribution >= 4 is 0 Å². The first-order valence-corrected chi connectivity index (χ1v) is 6.18. The quantitative estimate of drug-likeness (QED) is 0.639. The summed E-state index contributed by atoms with van der Waals surface area (Å²) in [4.78, 5) is 0. The zero-order chi connectivity index (χ0) is 13.4. The molecule has 0 spiro atoms. The third-order valence-electron chi connectivity index (χ3n) is 3.42. The Bertz CT molecular complexity index is 422. The molecule has 0 aromatic heterocycles. The van der Waals surface area contributed by atoms with E-state index in [4.69, 9.17) is 14.2 Å². The monoisotopic (exact) mass is 268 g/mol. The molecule has 0 aliphatic carbocycles. The first-order chi connectivity index (χ1) is 9.16. The van der Waals surface area contributed by atoms with Crippen LogP contribution in [0.15, 0.2) is 30.3 Å². The normalized spacial score (nSPS) is 42.7. The largest absolute Gasteiger partial charge is 0.387 e. The Labute approximate surface area is 110 Å². The summed E-state index contributed by atoms with van der Waals surface area (Å²) in [5.41, 5.74) is 0.828. The molecule has 0 amide bonds. The van der Waals surface area contributed by atoms with Gasteiger partial charge in [0.25, 0.3) is 0 Å². The summed E-state index contributed by atoms with van der Waals surface area (Å²) < 4.78 is 16.3. The van der Waals surface area contributed by atoms with Crippen molar-refractivity contribution in [1.82, 2.24) is 0 Å². The highest BCUT2D eigenvalue weighted by Crippen LogP contribution is 2.33. The summed E-state index contributed by atoms with van der Waals surface area (Å²) in [6.07, 6.45) is -5.93. The average molecular weight is 268 g/mol. The van der Waals surface area contributed by atoms with Crippen molar-refractivity contribution in [1.29, 1.82) is 0 Å². The summed E-state index contributed by atoms with van der Waals surface area (Å²) in [7, 11) is 0. The zero-order valence-corrected chi connectivity index (χ0v) is 10.1. The van der Waals surface area contributed by atoms with E-state index >= 15 is 0 Å². The van der Waals surface area contributed by atoms with Crippen LogP contribution < -0.4 is 0 Å². The average Bonchev–Trinajstić information content (AvgIpc) is 2.46. The Kier molecular flexibility index (Phi) is 3.53. The van der Waals surface area contributed by atoms with Gasteiger partial charge in [-0.15, -0.1) is 0 Å². The summed E-state index contributed by atoms with van der Waals surface area (Å²) in [5, 5.41) is 29.0. The first-order valence-electron chi connectivity index (χ1n) is 6.18. The molecule has 1 aromatic rings. The van der Waals surface area contributed by atoms with E-state index in [1.54, 1.807) is 0 Å². The molecule has 6 nitrogen and oxygen atoms in total. The minimum Gasteiger partial charge on any atom is -0.387 e. The van der Waals surface area contributed by atoms with Crippen LogP contribution >= 0.6 is 0 Å². The molecule has 104 valence electrons. The van der Waals surface area contributed by atoms with E-state index in [2.05, 4.69) is 0 Å². The van der Waals surface area contributed by atoms with Crippen LogP contribution in [0.25, 0.3) is 0 Å². The maximum atomic E-state index is 9.94. The molecule has 6 atom stereocenters. The number of rotatable bonds is 1. The van der Waals surface area contributed by atoms with E-state index in [1.165, 1.54) is 0 Å². The van der Waals surface area contributed by atoms with Crippen LogP contribution in [0.3, 0.4) is 0 Å². The van der Waals surface area contributed by atoms with Crippen LogP contribution in [-0.4, -0.2) is 52.6 Å². The Morgan fingerprint density at radius 3 is 2.42 bits per heavy atom. The van der Waals surface area contributed by atoms with Crippen molar-refractivity contribution in [3.05, 3.63) is 35.9 Å².